The summed E-state index contributed by atoms with van der Waals surface area (Å²) < 4.78 is 7.27. The first-order valence-corrected chi connectivity index (χ1v) is 6.94. The molecule has 2 heterocycles. The van der Waals surface area contributed by atoms with E-state index < -0.39 is 0 Å². The molecule has 0 spiro atoms. The van der Waals surface area contributed by atoms with Crippen LogP contribution < -0.4 is 5.73 Å². The van der Waals surface area contributed by atoms with Gasteiger partial charge in [-0.1, -0.05) is 0 Å². The van der Waals surface area contributed by atoms with E-state index in [0.29, 0.717) is 5.92 Å². The highest BCUT2D eigenvalue weighted by molar-refractivity contribution is 5.62. The minimum atomic E-state index is 0.577. The van der Waals surface area contributed by atoms with E-state index in [1.165, 1.54) is 0 Å². The third kappa shape index (κ3) is 2.80. The normalized spacial score (nSPS) is 16.4. The maximum atomic E-state index is 5.91. The summed E-state index contributed by atoms with van der Waals surface area (Å²) in [4.78, 5) is 0. The second-order valence-electron chi connectivity index (χ2n) is 5.37. The summed E-state index contributed by atoms with van der Waals surface area (Å²) in [5, 5.41) is 12.1. The van der Waals surface area contributed by atoms with Gasteiger partial charge < -0.3 is 10.5 Å². The number of hydrogen-bond acceptors (Lipinski definition) is 5. The number of rotatable bonds is 3. The summed E-state index contributed by atoms with van der Waals surface area (Å²) in [6.45, 7) is 4.52. The zero-order chi connectivity index (χ0) is 13.9. The van der Waals surface area contributed by atoms with Gasteiger partial charge in [-0.3, -0.25) is 0 Å². The number of hydrogen-bond donors (Lipinski definition) is 1. The van der Waals surface area contributed by atoms with Gasteiger partial charge in [-0.15, -0.1) is 5.10 Å². The Morgan fingerprint density at radius 2 is 2.10 bits per heavy atom. The molecule has 1 aromatic heterocycles. The molecule has 1 fully saturated rings. The Morgan fingerprint density at radius 1 is 1.30 bits per heavy atom. The first-order valence-electron chi connectivity index (χ1n) is 6.94. The summed E-state index contributed by atoms with van der Waals surface area (Å²) in [7, 11) is 0. The van der Waals surface area contributed by atoms with Crippen molar-refractivity contribution in [3.8, 4) is 11.4 Å². The Kier molecular flexibility index (Phi) is 3.64. The summed E-state index contributed by atoms with van der Waals surface area (Å²) in [5.74, 6) is 1.36. The number of aromatic nitrogens is 4. The molecule has 6 nitrogen and oxygen atoms in total. The fourth-order valence-electron chi connectivity index (χ4n) is 2.65. The van der Waals surface area contributed by atoms with Crippen molar-refractivity contribution < 1.29 is 4.74 Å². The topological polar surface area (TPSA) is 78.9 Å². The molecule has 1 aromatic carbocycles. The minimum Gasteiger partial charge on any atom is -0.399 e. The number of ether oxygens (including phenoxy) is 1. The molecule has 3 rings (SSSR count). The number of nitrogens with zero attached hydrogens (tertiary/aromatic N) is 4. The van der Waals surface area contributed by atoms with E-state index in [4.69, 9.17) is 10.5 Å². The Hall–Kier alpha value is -1.95. The van der Waals surface area contributed by atoms with Gasteiger partial charge in [0.25, 0.3) is 0 Å². The van der Waals surface area contributed by atoms with Crippen LogP contribution in [0.1, 0.15) is 18.4 Å². The largest absolute Gasteiger partial charge is 0.399 e. The number of nitrogens with two attached hydrogens (primary N) is 1. The quantitative estimate of drug-likeness (QED) is 0.860. The maximum Gasteiger partial charge on any atom is 0.182 e. The Morgan fingerprint density at radius 3 is 2.85 bits per heavy atom. The van der Waals surface area contributed by atoms with E-state index in [0.717, 1.165) is 55.2 Å². The van der Waals surface area contributed by atoms with E-state index in [1.54, 1.807) is 0 Å². The zero-order valence-corrected chi connectivity index (χ0v) is 11.6. The van der Waals surface area contributed by atoms with Gasteiger partial charge in [0.2, 0.25) is 0 Å². The van der Waals surface area contributed by atoms with Crippen LogP contribution in [0.4, 0.5) is 5.69 Å². The molecule has 106 valence electrons. The van der Waals surface area contributed by atoms with Crippen LogP contribution >= 0.6 is 0 Å². The lowest BCUT2D eigenvalue weighted by molar-refractivity contribution is 0.0601. The number of nitrogen functional groups attached to an aromatic ring is 1. The molecule has 2 aromatic rings. The predicted molar refractivity (Wildman–Crippen MR) is 75.9 cm³/mol. The average molecular weight is 273 g/mol. The molecule has 6 heteroatoms. The predicted octanol–water partition coefficient (Wildman–Crippen LogP) is 1.66. The highest BCUT2D eigenvalue weighted by Crippen LogP contribution is 2.23. The van der Waals surface area contributed by atoms with E-state index in [1.807, 2.05) is 23.7 Å². The molecule has 1 aliphatic rings. The monoisotopic (exact) mass is 273 g/mol. The first-order chi connectivity index (χ1) is 9.72. The second kappa shape index (κ2) is 5.58. The van der Waals surface area contributed by atoms with Crippen molar-refractivity contribution in [1.29, 1.82) is 0 Å². The molecule has 0 radical (unpaired) electrons. The second-order valence-corrected chi connectivity index (χ2v) is 5.37. The van der Waals surface area contributed by atoms with Crippen molar-refractivity contribution in [2.45, 2.75) is 26.3 Å². The lowest BCUT2D eigenvalue weighted by atomic mass is 10.0. The van der Waals surface area contributed by atoms with Crippen molar-refractivity contribution in [1.82, 2.24) is 20.2 Å². The first kappa shape index (κ1) is 13.1. The van der Waals surface area contributed by atoms with E-state index in [9.17, 15) is 0 Å². The number of tetrazole rings is 1. The van der Waals surface area contributed by atoms with Crippen LogP contribution in [0.3, 0.4) is 0 Å². The van der Waals surface area contributed by atoms with Crippen LogP contribution in [0.5, 0.6) is 0 Å². The van der Waals surface area contributed by atoms with Gasteiger partial charge in [-0.25, -0.2) is 4.68 Å². The lowest BCUT2D eigenvalue weighted by Crippen LogP contribution is -2.21. The fraction of sp³-hybridized carbons (Fsp3) is 0.500. The van der Waals surface area contributed by atoms with E-state index >= 15 is 0 Å². The lowest BCUT2D eigenvalue weighted by Gasteiger charge is -2.21. The van der Waals surface area contributed by atoms with Gasteiger partial charge in [0.15, 0.2) is 5.82 Å². The summed E-state index contributed by atoms with van der Waals surface area (Å²) in [5.41, 5.74) is 8.73. The SMILES string of the molecule is Cc1cc(N)cc(-c2nnnn2CC2CCOCC2)c1. The summed E-state index contributed by atoms with van der Waals surface area (Å²) in [6, 6.07) is 5.91. The molecule has 1 saturated heterocycles. The Balaban J connectivity index is 1.85. The summed E-state index contributed by atoms with van der Waals surface area (Å²) >= 11 is 0. The molecule has 0 saturated carbocycles. The fourth-order valence-corrected chi connectivity index (χ4v) is 2.65. The van der Waals surface area contributed by atoms with Crippen molar-refractivity contribution in [2.24, 2.45) is 5.92 Å². The zero-order valence-electron chi connectivity index (χ0n) is 11.6. The molecule has 20 heavy (non-hydrogen) atoms. The molecule has 1 aliphatic heterocycles. The minimum absolute atomic E-state index is 0.577. The molecular formula is C14H19N5O. The third-order valence-corrected chi connectivity index (χ3v) is 3.66. The van der Waals surface area contributed by atoms with Crippen LogP contribution in [-0.2, 0) is 11.3 Å². The summed E-state index contributed by atoms with van der Waals surface area (Å²) in [6.07, 6.45) is 2.13. The van der Waals surface area contributed by atoms with Crippen LogP contribution in [0, 0.1) is 12.8 Å². The maximum absolute atomic E-state index is 5.91. The smallest absolute Gasteiger partial charge is 0.182 e. The van der Waals surface area contributed by atoms with Gasteiger partial charge >= 0.3 is 0 Å². The van der Waals surface area contributed by atoms with E-state index in [-0.39, 0.29) is 0 Å². The molecule has 0 aliphatic carbocycles. The van der Waals surface area contributed by atoms with E-state index in [2.05, 4.69) is 21.6 Å². The van der Waals surface area contributed by atoms with Crippen molar-refractivity contribution >= 4 is 5.69 Å². The molecular weight excluding hydrogens is 254 g/mol. The van der Waals surface area contributed by atoms with Gasteiger partial charge in [-0.05, 0) is 59.9 Å². The molecule has 0 atom stereocenters. The van der Waals surface area contributed by atoms with Crippen LogP contribution in [-0.4, -0.2) is 33.4 Å². The molecule has 0 amide bonds. The Bertz CT molecular complexity index is 569. The number of anilines is 1. The number of aryl methyl sites for hydroxylation is 1. The van der Waals surface area contributed by atoms with Crippen LogP contribution in [0.25, 0.3) is 11.4 Å². The Labute approximate surface area is 117 Å². The highest BCUT2D eigenvalue weighted by atomic mass is 16.5. The van der Waals surface area contributed by atoms with Crippen molar-refractivity contribution in [3.05, 3.63) is 23.8 Å². The van der Waals surface area contributed by atoms with Crippen molar-refractivity contribution in [3.63, 3.8) is 0 Å². The molecule has 0 unspecified atom stereocenters. The van der Waals surface area contributed by atoms with Crippen LogP contribution in [0.2, 0.25) is 0 Å². The van der Waals surface area contributed by atoms with Gasteiger partial charge in [-0.2, -0.15) is 0 Å². The standard InChI is InChI=1S/C14H19N5O/c1-10-6-12(8-13(15)7-10)14-16-17-18-19(14)9-11-2-4-20-5-3-11/h6-8,11H,2-5,9,15H2,1H3. The van der Waals surface area contributed by atoms with Crippen molar-refractivity contribution in [2.75, 3.05) is 18.9 Å². The van der Waals surface area contributed by atoms with Gasteiger partial charge in [0.1, 0.15) is 0 Å². The highest BCUT2D eigenvalue weighted by Gasteiger charge is 2.18. The molecule has 0 bridgehead atoms. The van der Waals surface area contributed by atoms with Crippen LogP contribution in [0.15, 0.2) is 18.2 Å². The molecule has 2 N–H and O–H groups in total. The van der Waals surface area contributed by atoms with Gasteiger partial charge in [0, 0.05) is 31.0 Å². The third-order valence-electron chi connectivity index (χ3n) is 3.66. The average Bonchev–Trinajstić information content (AvgIpc) is 2.87. The van der Waals surface area contributed by atoms with Gasteiger partial charge in [0.05, 0.1) is 0 Å². The number of benzene rings is 1.